The van der Waals surface area contributed by atoms with E-state index in [2.05, 4.69) is 33.8 Å². The minimum absolute atomic E-state index is 0.0541. The van der Waals surface area contributed by atoms with Gasteiger partial charge in [-0.1, -0.05) is 6.92 Å². The molecule has 3 aliphatic rings. The van der Waals surface area contributed by atoms with E-state index in [1.165, 1.54) is 0 Å². The highest BCUT2D eigenvalue weighted by atomic mass is 16.2. The van der Waals surface area contributed by atoms with Crippen molar-refractivity contribution in [2.24, 2.45) is 15.9 Å². The molecule has 1 N–H and O–H groups in total. The van der Waals surface area contributed by atoms with Gasteiger partial charge in [-0.15, -0.1) is 0 Å². The van der Waals surface area contributed by atoms with E-state index in [1.807, 2.05) is 23.2 Å². The molecule has 3 aliphatic heterocycles. The van der Waals surface area contributed by atoms with Gasteiger partial charge in [0.25, 0.3) is 0 Å². The minimum Gasteiger partial charge on any atom is -0.354 e. The zero-order valence-electron chi connectivity index (χ0n) is 14.8. The van der Waals surface area contributed by atoms with Crippen molar-refractivity contribution >= 4 is 18.5 Å². The molecule has 3 rings (SSSR count). The highest BCUT2D eigenvalue weighted by Crippen LogP contribution is 2.44. The van der Waals surface area contributed by atoms with Crippen molar-refractivity contribution < 1.29 is 4.79 Å². The summed E-state index contributed by atoms with van der Waals surface area (Å²) in [5.41, 5.74) is 0.721. The van der Waals surface area contributed by atoms with Crippen molar-refractivity contribution in [1.29, 1.82) is 5.26 Å². The number of rotatable bonds is 3. The summed E-state index contributed by atoms with van der Waals surface area (Å²) in [6.45, 7) is 8.25. The van der Waals surface area contributed by atoms with Gasteiger partial charge in [-0.2, -0.15) is 5.26 Å². The summed E-state index contributed by atoms with van der Waals surface area (Å²) >= 11 is 0. The van der Waals surface area contributed by atoms with E-state index in [-0.39, 0.29) is 17.9 Å². The highest BCUT2D eigenvalue weighted by Gasteiger charge is 2.55. The maximum atomic E-state index is 12.3. The standard InChI is InChI=1S/C18H24N6O/c1-13-11-24(15(25)5-8-19)18(13)7-4-10-23(12-18)17(21-3)14-6-9-22-16(14)20-2/h6,9,13H,3-5,7,10-12H2,1-2H3,(H,20,22)/b17-14+. The summed E-state index contributed by atoms with van der Waals surface area (Å²) in [5.74, 6) is 1.92. The Bertz CT molecular complexity index is 716. The molecule has 3 heterocycles. The molecule has 132 valence electrons. The molecule has 0 aliphatic carbocycles. The number of piperidine rings is 1. The van der Waals surface area contributed by atoms with Crippen molar-refractivity contribution in [3.8, 4) is 6.07 Å². The van der Waals surface area contributed by atoms with Crippen molar-refractivity contribution in [2.45, 2.75) is 31.7 Å². The first-order chi connectivity index (χ1) is 12.1. The van der Waals surface area contributed by atoms with Crippen molar-refractivity contribution in [2.75, 3.05) is 26.7 Å². The number of likely N-dealkylation sites (tertiary alicyclic amines) is 2. The molecule has 0 saturated carbocycles. The molecular formula is C18H24N6O. The smallest absolute Gasteiger partial charge is 0.237 e. The lowest BCUT2D eigenvalue weighted by Crippen LogP contribution is -2.73. The third-order valence-electron chi connectivity index (χ3n) is 5.58. The molecule has 0 aromatic carbocycles. The van der Waals surface area contributed by atoms with Crippen molar-refractivity contribution in [3.63, 3.8) is 0 Å². The summed E-state index contributed by atoms with van der Waals surface area (Å²) in [6, 6.07) is 1.98. The first-order valence-corrected chi connectivity index (χ1v) is 8.61. The highest BCUT2D eigenvalue weighted by molar-refractivity contribution is 6.04. The summed E-state index contributed by atoms with van der Waals surface area (Å²) < 4.78 is 0. The summed E-state index contributed by atoms with van der Waals surface area (Å²) in [7, 11) is 1.74. The van der Waals surface area contributed by atoms with Crippen LogP contribution in [-0.4, -0.2) is 60.5 Å². The Morgan fingerprint density at radius 1 is 1.60 bits per heavy atom. The third-order valence-corrected chi connectivity index (χ3v) is 5.58. The van der Waals surface area contributed by atoms with E-state index in [0.29, 0.717) is 12.5 Å². The molecule has 2 atom stereocenters. The van der Waals surface area contributed by atoms with Crippen LogP contribution < -0.4 is 5.32 Å². The second kappa shape index (κ2) is 6.71. The van der Waals surface area contributed by atoms with E-state index in [9.17, 15) is 4.79 Å². The van der Waals surface area contributed by atoms with Crippen LogP contribution in [-0.2, 0) is 4.79 Å². The first kappa shape index (κ1) is 17.2. The van der Waals surface area contributed by atoms with Gasteiger partial charge >= 0.3 is 0 Å². The maximum Gasteiger partial charge on any atom is 0.237 e. The number of carbonyl (C=O) groups is 1. The summed E-state index contributed by atoms with van der Waals surface area (Å²) in [4.78, 5) is 25.0. The number of carbonyl (C=O) groups excluding carboxylic acids is 1. The lowest BCUT2D eigenvalue weighted by atomic mass is 9.69. The van der Waals surface area contributed by atoms with Gasteiger partial charge in [-0.05, 0) is 31.6 Å². The monoisotopic (exact) mass is 340 g/mol. The predicted octanol–water partition coefficient (Wildman–Crippen LogP) is 1.27. The van der Waals surface area contributed by atoms with Gasteiger partial charge in [-0.25, -0.2) is 4.99 Å². The van der Waals surface area contributed by atoms with E-state index in [1.54, 1.807) is 7.05 Å². The molecule has 0 radical (unpaired) electrons. The Hall–Kier alpha value is -2.62. The van der Waals surface area contributed by atoms with E-state index in [4.69, 9.17) is 5.26 Å². The zero-order valence-corrected chi connectivity index (χ0v) is 14.8. The molecule has 1 amide bonds. The first-order valence-electron chi connectivity index (χ1n) is 8.61. The van der Waals surface area contributed by atoms with Crippen molar-refractivity contribution in [3.05, 3.63) is 23.7 Å². The van der Waals surface area contributed by atoms with Crippen molar-refractivity contribution in [1.82, 2.24) is 15.1 Å². The van der Waals surface area contributed by atoms with Crippen LogP contribution in [0.25, 0.3) is 0 Å². The average molecular weight is 340 g/mol. The van der Waals surface area contributed by atoms with Crippen LogP contribution in [0.1, 0.15) is 26.2 Å². The van der Waals surface area contributed by atoms with E-state index >= 15 is 0 Å². The topological polar surface area (TPSA) is 84.1 Å². The molecule has 2 saturated heterocycles. The number of amidine groups is 1. The van der Waals surface area contributed by atoms with Gasteiger partial charge in [0.2, 0.25) is 5.91 Å². The van der Waals surface area contributed by atoms with E-state index < -0.39 is 0 Å². The van der Waals surface area contributed by atoms with Crippen LogP contribution in [0.15, 0.2) is 33.7 Å². The molecular weight excluding hydrogens is 316 g/mol. The van der Waals surface area contributed by atoms with Crippen LogP contribution in [0.3, 0.4) is 0 Å². The SMILES string of the molecule is C=N/C(=C1/C=CN/C1=N/C)N1CCCC2(C1)C(C)CN2C(=O)CC#N. The molecule has 1 spiro atoms. The van der Waals surface area contributed by atoms with Crippen LogP contribution in [0.5, 0.6) is 0 Å². The molecule has 7 nitrogen and oxygen atoms in total. The Morgan fingerprint density at radius 3 is 3.04 bits per heavy atom. The maximum absolute atomic E-state index is 12.3. The van der Waals surface area contributed by atoms with E-state index in [0.717, 1.165) is 43.2 Å². The molecule has 2 fully saturated rings. The molecule has 7 heteroatoms. The quantitative estimate of drug-likeness (QED) is 0.784. The zero-order chi connectivity index (χ0) is 18.0. The fraction of sp³-hybridized carbons (Fsp3) is 0.556. The molecule has 0 aromatic heterocycles. The average Bonchev–Trinajstić information content (AvgIpc) is 3.09. The second-order valence-corrected chi connectivity index (χ2v) is 6.81. The molecule has 25 heavy (non-hydrogen) atoms. The largest absolute Gasteiger partial charge is 0.354 e. The Morgan fingerprint density at radius 2 is 2.40 bits per heavy atom. The van der Waals surface area contributed by atoms with Gasteiger partial charge in [-0.3, -0.25) is 9.79 Å². The number of nitrogens with one attached hydrogen (secondary N) is 1. The van der Waals surface area contributed by atoms with Gasteiger partial charge < -0.3 is 15.1 Å². The second-order valence-electron chi connectivity index (χ2n) is 6.81. The van der Waals surface area contributed by atoms with Gasteiger partial charge in [0.15, 0.2) is 0 Å². The summed E-state index contributed by atoms with van der Waals surface area (Å²) in [6.07, 6.45) is 5.68. The number of hydrogen-bond donors (Lipinski definition) is 1. The number of amides is 1. The number of aliphatic imine (C=N–C) groups is 2. The third kappa shape index (κ3) is 2.72. The Balaban J connectivity index is 1.89. The molecule has 0 aromatic rings. The summed E-state index contributed by atoms with van der Waals surface area (Å²) in [5, 5.41) is 12.0. The predicted molar refractivity (Wildman–Crippen MR) is 96.9 cm³/mol. The Kier molecular flexibility index (Phi) is 4.62. The lowest BCUT2D eigenvalue weighted by Gasteiger charge is -2.61. The Labute approximate surface area is 148 Å². The number of nitrogens with zero attached hydrogens (tertiary/aromatic N) is 5. The fourth-order valence-corrected chi connectivity index (χ4v) is 4.24. The van der Waals surface area contributed by atoms with Gasteiger partial charge in [0.1, 0.15) is 18.1 Å². The number of nitriles is 1. The van der Waals surface area contributed by atoms with Gasteiger partial charge in [0, 0.05) is 32.9 Å². The van der Waals surface area contributed by atoms with Crippen LogP contribution in [0.4, 0.5) is 0 Å². The van der Waals surface area contributed by atoms with Crippen LogP contribution in [0.2, 0.25) is 0 Å². The minimum atomic E-state index is -0.206. The van der Waals surface area contributed by atoms with Gasteiger partial charge in [0.05, 0.1) is 17.2 Å². The van der Waals surface area contributed by atoms with Crippen LogP contribution in [0, 0.1) is 17.2 Å². The fourth-order valence-electron chi connectivity index (χ4n) is 4.24. The number of hydrogen-bond acceptors (Lipinski definition) is 5. The molecule has 0 bridgehead atoms. The normalized spacial score (nSPS) is 31.6. The lowest BCUT2D eigenvalue weighted by molar-refractivity contribution is -0.162. The van der Waals surface area contributed by atoms with Crippen LogP contribution >= 0.6 is 0 Å². The molecule has 2 unspecified atom stereocenters.